The molecule has 0 atom stereocenters. The molecular formula is C10H9ClNNaO3. The summed E-state index contributed by atoms with van der Waals surface area (Å²) in [5.74, 6) is -1.67. The van der Waals surface area contributed by atoms with Crippen LogP contribution in [0.1, 0.15) is 1.43 Å². The Morgan fingerprint density at radius 1 is 1.25 bits per heavy atom. The van der Waals surface area contributed by atoms with E-state index >= 15 is 0 Å². The topological polar surface area (TPSA) is 66.4 Å². The summed E-state index contributed by atoms with van der Waals surface area (Å²) in [6.45, 7) is 0. The van der Waals surface area contributed by atoms with E-state index < -0.39 is 11.9 Å². The fourth-order valence-corrected chi connectivity index (χ4v) is 0.990. The number of benzene rings is 1. The average Bonchev–Trinajstić information content (AvgIpc) is 2.19. The predicted molar refractivity (Wildman–Crippen MR) is 58.0 cm³/mol. The van der Waals surface area contributed by atoms with Gasteiger partial charge in [-0.3, -0.25) is 4.79 Å². The first-order valence-corrected chi connectivity index (χ1v) is 4.43. The first kappa shape index (κ1) is 15.2. The maximum atomic E-state index is 11.1. The molecule has 0 saturated heterocycles. The Morgan fingerprint density at radius 3 is 2.31 bits per heavy atom. The molecule has 0 heterocycles. The standard InChI is InChI=1S/C10H8ClNO3.Na.H/c11-7-1-3-8(4-2-7)12-9(13)5-6-10(14)15;;/h1-6H,(H,12,13)(H,14,15);;/q;+1;-1/b6-5-;;. The van der Waals surface area contributed by atoms with Crippen molar-refractivity contribution in [3.8, 4) is 0 Å². The third-order valence-electron chi connectivity index (χ3n) is 1.49. The fourth-order valence-electron chi connectivity index (χ4n) is 0.864. The maximum absolute atomic E-state index is 11.1. The number of anilines is 1. The number of carboxylic acid groups (broad SMARTS) is 1. The summed E-state index contributed by atoms with van der Waals surface area (Å²) in [5.41, 5.74) is 0.555. The van der Waals surface area contributed by atoms with Gasteiger partial charge in [0.2, 0.25) is 5.91 Å². The van der Waals surface area contributed by atoms with E-state index in [0.717, 1.165) is 12.2 Å². The van der Waals surface area contributed by atoms with E-state index in [-0.39, 0.29) is 31.0 Å². The molecule has 16 heavy (non-hydrogen) atoms. The largest absolute Gasteiger partial charge is 1.00 e. The van der Waals surface area contributed by atoms with E-state index in [2.05, 4.69) is 5.32 Å². The summed E-state index contributed by atoms with van der Waals surface area (Å²) < 4.78 is 0. The van der Waals surface area contributed by atoms with Gasteiger partial charge in [-0.1, -0.05) is 11.6 Å². The number of hydrogen-bond donors (Lipinski definition) is 2. The Balaban J connectivity index is 0. The quantitative estimate of drug-likeness (QED) is 0.535. The van der Waals surface area contributed by atoms with Crippen molar-refractivity contribution in [2.45, 2.75) is 0 Å². The Bertz CT molecular complexity index is 409. The van der Waals surface area contributed by atoms with Crippen LogP contribution in [0.4, 0.5) is 5.69 Å². The Kier molecular flexibility index (Phi) is 7.08. The summed E-state index contributed by atoms with van der Waals surface area (Å²) in [4.78, 5) is 21.2. The third kappa shape index (κ3) is 5.92. The molecule has 0 aliphatic carbocycles. The second kappa shape index (κ2) is 7.46. The van der Waals surface area contributed by atoms with Crippen molar-refractivity contribution in [2.75, 3.05) is 5.32 Å². The second-order valence-electron chi connectivity index (χ2n) is 2.67. The van der Waals surface area contributed by atoms with Gasteiger partial charge in [-0.15, -0.1) is 0 Å². The molecule has 0 aromatic heterocycles. The first-order chi connectivity index (χ1) is 7.08. The smallest absolute Gasteiger partial charge is 1.00 e. The molecule has 0 radical (unpaired) electrons. The third-order valence-corrected chi connectivity index (χ3v) is 1.74. The van der Waals surface area contributed by atoms with Crippen LogP contribution in [0.2, 0.25) is 5.02 Å². The number of carbonyl (C=O) groups excluding carboxylic acids is 1. The Hall–Kier alpha value is -0.810. The van der Waals surface area contributed by atoms with Crippen molar-refractivity contribution < 1.29 is 45.7 Å². The minimum absolute atomic E-state index is 0. The molecule has 0 aliphatic rings. The number of aliphatic carboxylic acids is 1. The van der Waals surface area contributed by atoms with Crippen LogP contribution in [-0.2, 0) is 9.59 Å². The number of rotatable bonds is 3. The van der Waals surface area contributed by atoms with Crippen molar-refractivity contribution in [1.29, 1.82) is 0 Å². The average molecular weight is 250 g/mol. The van der Waals surface area contributed by atoms with Gasteiger partial charge >= 0.3 is 35.5 Å². The van der Waals surface area contributed by atoms with Crippen LogP contribution >= 0.6 is 11.6 Å². The van der Waals surface area contributed by atoms with E-state index in [1.54, 1.807) is 24.3 Å². The summed E-state index contributed by atoms with van der Waals surface area (Å²) in [6, 6.07) is 6.49. The summed E-state index contributed by atoms with van der Waals surface area (Å²) in [5, 5.41) is 11.3. The number of nitrogens with one attached hydrogen (secondary N) is 1. The molecule has 0 bridgehead atoms. The molecule has 0 unspecified atom stereocenters. The van der Waals surface area contributed by atoms with Gasteiger partial charge in [-0.05, 0) is 24.3 Å². The number of amides is 1. The van der Waals surface area contributed by atoms with Crippen molar-refractivity contribution in [1.82, 2.24) is 0 Å². The van der Waals surface area contributed by atoms with Gasteiger partial charge < -0.3 is 11.8 Å². The SMILES string of the molecule is O=C(O)/C=C\C(=O)Nc1ccc(Cl)cc1.[H-].[Na+]. The van der Waals surface area contributed by atoms with Crippen molar-refractivity contribution >= 4 is 29.2 Å². The van der Waals surface area contributed by atoms with E-state index in [1.807, 2.05) is 0 Å². The molecule has 0 saturated carbocycles. The summed E-state index contributed by atoms with van der Waals surface area (Å²) >= 11 is 5.65. The Morgan fingerprint density at radius 2 is 1.81 bits per heavy atom. The van der Waals surface area contributed by atoms with Crippen LogP contribution in [0.3, 0.4) is 0 Å². The molecule has 1 amide bonds. The van der Waals surface area contributed by atoms with Crippen LogP contribution < -0.4 is 34.9 Å². The number of carboxylic acids is 1. The zero-order valence-electron chi connectivity index (χ0n) is 9.61. The second-order valence-corrected chi connectivity index (χ2v) is 3.10. The summed E-state index contributed by atoms with van der Waals surface area (Å²) in [6.07, 6.45) is 1.71. The van der Waals surface area contributed by atoms with Crippen LogP contribution in [0.15, 0.2) is 36.4 Å². The summed E-state index contributed by atoms with van der Waals surface area (Å²) in [7, 11) is 0. The molecule has 6 heteroatoms. The monoisotopic (exact) mass is 249 g/mol. The number of hydrogen-bond acceptors (Lipinski definition) is 2. The molecule has 80 valence electrons. The zero-order valence-corrected chi connectivity index (χ0v) is 11.4. The van der Waals surface area contributed by atoms with E-state index in [4.69, 9.17) is 16.7 Å². The Labute approximate surface area is 121 Å². The van der Waals surface area contributed by atoms with Crippen LogP contribution in [0.25, 0.3) is 0 Å². The molecule has 4 nitrogen and oxygen atoms in total. The molecule has 0 spiro atoms. The number of carbonyl (C=O) groups is 2. The minimum atomic E-state index is -1.17. The van der Waals surface area contributed by atoms with Crippen LogP contribution in [-0.4, -0.2) is 17.0 Å². The first-order valence-electron chi connectivity index (χ1n) is 4.05. The van der Waals surface area contributed by atoms with Gasteiger partial charge in [0, 0.05) is 22.9 Å². The van der Waals surface area contributed by atoms with Gasteiger partial charge in [0.25, 0.3) is 0 Å². The van der Waals surface area contributed by atoms with Gasteiger partial charge in [0.05, 0.1) is 0 Å². The van der Waals surface area contributed by atoms with E-state index in [9.17, 15) is 9.59 Å². The molecule has 0 aliphatic heterocycles. The zero-order chi connectivity index (χ0) is 11.3. The predicted octanol–water partition coefficient (Wildman–Crippen LogP) is -0.964. The van der Waals surface area contributed by atoms with Crippen LogP contribution in [0.5, 0.6) is 0 Å². The van der Waals surface area contributed by atoms with Gasteiger partial charge in [0.15, 0.2) is 0 Å². The normalized spacial score (nSPS) is 9.56. The van der Waals surface area contributed by atoms with E-state index in [0.29, 0.717) is 10.7 Å². The van der Waals surface area contributed by atoms with Crippen LogP contribution in [0, 0.1) is 0 Å². The molecule has 1 aromatic carbocycles. The molecular weight excluding hydrogens is 241 g/mol. The molecule has 2 N–H and O–H groups in total. The van der Waals surface area contributed by atoms with Crippen molar-refractivity contribution in [2.24, 2.45) is 0 Å². The van der Waals surface area contributed by atoms with Crippen molar-refractivity contribution in [3.63, 3.8) is 0 Å². The molecule has 1 aromatic rings. The van der Waals surface area contributed by atoms with Gasteiger partial charge in [-0.25, -0.2) is 4.79 Å². The van der Waals surface area contributed by atoms with Crippen molar-refractivity contribution in [3.05, 3.63) is 41.4 Å². The number of halogens is 1. The maximum Gasteiger partial charge on any atom is 1.00 e. The molecule has 0 fully saturated rings. The fraction of sp³-hybridized carbons (Fsp3) is 0. The minimum Gasteiger partial charge on any atom is -1.00 e. The van der Waals surface area contributed by atoms with Gasteiger partial charge in [0.1, 0.15) is 0 Å². The van der Waals surface area contributed by atoms with Gasteiger partial charge in [-0.2, -0.15) is 0 Å². The molecule has 1 rings (SSSR count). The van der Waals surface area contributed by atoms with E-state index in [1.165, 1.54) is 0 Å².